The molecule has 148 valence electrons. The fourth-order valence-corrected chi connectivity index (χ4v) is 4.10. The van der Waals surface area contributed by atoms with E-state index in [9.17, 15) is 4.79 Å². The lowest BCUT2D eigenvalue weighted by atomic mass is 10.2. The molecule has 1 N–H and O–H groups in total. The van der Waals surface area contributed by atoms with Crippen LogP contribution in [0.5, 0.6) is 5.75 Å². The van der Waals surface area contributed by atoms with Gasteiger partial charge in [0.1, 0.15) is 10.6 Å². The van der Waals surface area contributed by atoms with Gasteiger partial charge in [0.05, 0.1) is 12.8 Å². The van der Waals surface area contributed by atoms with Crippen molar-refractivity contribution in [3.63, 3.8) is 0 Å². The van der Waals surface area contributed by atoms with E-state index in [4.69, 9.17) is 9.72 Å². The Morgan fingerprint density at radius 1 is 1.10 bits per heavy atom. The lowest BCUT2D eigenvalue weighted by molar-refractivity contribution is 0.102. The number of amides is 1. The zero-order valence-corrected chi connectivity index (χ0v) is 17.6. The van der Waals surface area contributed by atoms with Gasteiger partial charge in [-0.2, -0.15) is 0 Å². The molecule has 29 heavy (non-hydrogen) atoms. The van der Waals surface area contributed by atoms with Gasteiger partial charge in [-0.1, -0.05) is 11.3 Å². The normalized spacial score (nSPS) is 10.9. The van der Waals surface area contributed by atoms with Gasteiger partial charge in [-0.3, -0.25) is 9.20 Å². The van der Waals surface area contributed by atoms with Crippen LogP contribution >= 0.6 is 11.3 Å². The van der Waals surface area contributed by atoms with Crippen molar-refractivity contribution in [2.45, 2.75) is 6.92 Å². The minimum atomic E-state index is -0.124. The van der Waals surface area contributed by atoms with Crippen molar-refractivity contribution in [2.24, 2.45) is 0 Å². The highest BCUT2D eigenvalue weighted by Crippen LogP contribution is 2.29. The third-order valence-electron chi connectivity index (χ3n) is 4.79. The Kier molecular flexibility index (Phi) is 4.98. The van der Waals surface area contributed by atoms with Gasteiger partial charge in [0, 0.05) is 42.9 Å². The summed E-state index contributed by atoms with van der Waals surface area (Å²) in [5, 5.41) is 2.97. The summed E-state index contributed by atoms with van der Waals surface area (Å²) in [6, 6.07) is 15.5. The molecular weight excluding hydrogens is 384 g/mol. The van der Waals surface area contributed by atoms with Crippen LogP contribution in [0, 0.1) is 6.92 Å². The molecule has 0 atom stereocenters. The average Bonchev–Trinajstić information content (AvgIpc) is 3.28. The van der Waals surface area contributed by atoms with E-state index in [-0.39, 0.29) is 5.91 Å². The first-order chi connectivity index (χ1) is 14.0. The van der Waals surface area contributed by atoms with Crippen LogP contribution in [-0.2, 0) is 0 Å². The number of carbonyl (C=O) groups excluding carboxylic acids is 1. The van der Waals surface area contributed by atoms with E-state index in [1.807, 2.05) is 85.0 Å². The van der Waals surface area contributed by atoms with Crippen LogP contribution in [0.4, 0.5) is 11.4 Å². The fourth-order valence-electron chi connectivity index (χ4n) is 3.09. The summed E-state index contributed by atoms with van der Waals surface area (Å²) < 4.78 is 7.17. The van der Waals surface area contributed by atoms with Crippen molar-refractivity contribution in [1.29, 1.82) is 0 Å². The number of carbonyl (C=O) groups is 1. The molecule has 0 unspecified atom stereocenters. The highest BCUT2D eigenvalue weighted by Gasteiger charge is 2.18. The number of hydrogen-bond acceptors (Lipinski definition) is 5. The summed E-state index contributed by atoms with van der Waals surface area (Å²) in [4.78, 5) is 20.9. The van der Waals surface area contributed by atoms with E-state index in [1.54, 1.807) is 7.11 Å². The molecule has 0 fully saturated rings. The standard InChI is InChI=1S/C22H22N4O2S/c1-14-20(21(27)23-16-7-9-17(10-8-16)25(2)3)29-22-24-19(13-26(14)22)15-5-11-18(28-4)12-6-15/h5-13H,1-4H3,(H,23,27). The monoisotopic (exact) mass is 406 g/mol. The number of benzene rings is 2. The molecule has 0 saturated carbocycles. The summed E-state index contributed by atoms with van der Waals surface area (Å²) in [6.45, 7) is 1.94. The topological polar surface area (TPSA) is 58.9 Å². The molecule has 0 spiro atoms. The molecule has 6 nitrogen and oxygen atoms in total. The molecule has 0 aliphatic carbocycles. The van der Waals surface area contributed by atoms with Gasteiger partial charge in [-0.25, -0.2) is 4.98 Å². The Morgan fingerprint density at radius 2 is 1.79 bits per heavy atom. The van der Waals surface area contributed by atoms with Gasteiger partial charge >= 0.3 is 0 Å². The Balaban J connectivity index is 1.57. The lowest BCUT2D eigenvalue weighted by Crippen LogP contribution is -2.12. The Labute approximate surface area is 173 Å². The maximum atomic E-state index is 12.8. The van der Waals surface area contributed by atoms with Crippen LogP contribution in [0.1, 0.15) is 15.4 Å². The molecule has 0 aliphatic heterocycles. The number of nitrogens with zero attached hydrogens (tertiary/aromatic N) is 3. The smallest absolute Gasteiger partial charge is 0.267 e. The SMILES string of the molecule is COc1ccc(-c2cn3c(C)c(C(=O)Nc4ccc(N(C)C)cc4)sc3n2)cc1. The van der Waals surface area contributed by atoms with Gasteiger partial charge in [0.2, 0.25) is 0 Å². The summed E-state index contributed by atoms with van der Waals surface area (Å²) >= 11 is 1.39. The first-order valence-corrected chi connectivity index (χ1v) is 9.99. The second-order valence-corrected chi connectivity index (χ2v) is 7.90. The molecule has 0 aliphatic rings. The Bertz CT molecular complexity index is 1160. The highest BCUT2D eigenvalue weighted by atomic mass is 32.1. The predicted molar refractivity (Wildman–Crippen MR) is 119 cm³/mol. The maximum absolute atomic E-state index is 12.8. The van der Waals surface area contributed by atoms with Crippen LogP contribution in [0.3, 0.4) is 0 Å². The third kappa shape index (κ3) is 3.69. The summed E-state index contributed by atoms with van der Waals surface area (Å²) in [6.07, 6.45) is 1.96. The second kappa shape index (κ2) is 7.60. The number of thiazole rings is 1. The van der Waals surface area contributed by atoms with Crippen LogP contribution in [-0.4, -0.2) is 36.5 Å². The first-order valence-electron chi connectivity index (χ1n) is 9.18. The van der Waals surface area contributed by atoms with Crippen LogP contribution < -0.4 is 15.0 Å². The lowest BCUT2D eigenvalue weighted by Gasteiger charge is -2.12. The molecule has 4 rings (SSSR count). The summed E-state index contributed by atoms with van der Waals surface area (Å²) in [5.74, 6) is 0.685. The number of methoxy groups -OCH3 is 1. The number of rotatable bonds is 5. The molecule has 0 bridgehead atoms. The van der Waals surface area contributed by atoms with E-state index >= 15 is 0 Å². The van der Waals surface area contributed by atoms with Crippen LogP contribution in [0.2, 0.25) is 0 Å². The van der Waals surface area contributed by atoms with Gasteiger partial charge < -0.3 is 15.0 Å². The first kappa shape index (κ1) is 19.0. The number of aromatic nitrogens is 2. The quantitative estimate of drug-likeness (QED) is 0.522. The molecule has 4 aromatic rings. The minimum absolute atomic E-state index is 0.124. The number of aryl methyl sites for hydroxylation is 1. The van der Waals surface area contributed by atoms with E-state index in [1.165, 1.54) is 11.3 Å². The van der Waals surface area contributed by atoms with Crippen molar-refractivity contribution in [1.82, 2.24) is 9.38 Å². The fraction of sp³-hybridized carbons (Fsp3) is 0.182. The summed E-state index contributed by atoms with van der Waals surface area (Å²) in [5.41, 5.74) is 4.60. The average molecular weight is 407 g/mol. The van der Waals surface area contributed by atoms with E-state index in [0.29, 0.717) is 4.88 Å². The molecule has 2 aromatic carbocycles. The zero-order chi connectivity index (χ0) is 20.5. The predicted octanol–water partition coefficient (Wildman–Crippen LogP) is 4.70. The number of imidazole rings is 1. The molecule has 7 heteroatoms. The number of hydrogen-bond donors (Lipinski definition) is 1. The Morgan fingerprint density at radius 3 is 2.38 bits per heavy atom. The molecular formula is C22H22N4O2S. The number of fused-ring (bicyclic) bond motifs is 1. The van der Waals surface area contributed by atoms with Crippen LogP contribution in [0.15, 0.2) is 54.7 Å². The van der Waals surface area contributed by atoms with E-state index < -0.39 is 0 Å². The minimum Gasteiger partial charge on any atom is -0.497 e. The largest absolute Gasteiger partial charge is 0.497 e. The molecule has 2 heterocycles. The number of ether oxygens (including phenoxy) is 1. The van der Waals surface area contributed by atoms with Crippen LogP contribution in [0.25, 0.3) is 16.2 Å². The van der Waals surface area contributed by atoms with E-state index in [0.717, 1.165) is 39.0 Å². The Hall–Kier alpha value is -3.32. The molecule has 0 saturated heterocycles. The van der Waals surface area contributed by atoms with Gasteiger partial charge in [0.15, 0.2) is 4.96 Å². The van der Waals surface area contributed by atoms with E-state index in [2.05, 4.69) is 5.32 Å². The van der Waals surface area contributed by atoms with Crippen molar-refractivity contribution in [3.8, 4) is 17.0 Å². The second-order valence-electron chi connectivity index (χ2n) is 6.92. The maximum Gasteiger partial charge on any atom is 0.267 e. The highest BCUT2D eigenvalue weighted by molar-refractivity contribution is 7.19. The molecule has 2 aromatic heterocycles. The van der Waals surface area contributed by atoms with Crippen molar-refractivity contribution >= 4 is 33.6 Å². The van der Waals surface area contributed by atoms with Gasteiger partial charge in [-0.05, 0) is 55.5 Å². The summed E-state index contributed by atoms with van der Waals surface area (Å²) in [7, 11) is 5.62. The van der Waals surface area contributed by atoms with Crippen molar-refractivity contribution in [3.05, 3.63) is 65.3 Å². The third-order valence-corrected chi connectivity index (χ3v) is 5.95. The molecule has 1 amide bonds. The zero-order valence-electron chi connectivity index (χ0n) is 16.8. The van der Waals surface area contributed by atoms with Crippen molar-refractivity contribution in [2.75, 3.05) is 31.4 Å². The van der Waals surface area contributed by atoms with Gasteiger partial charge in [0.25, 0.3) is 5.91 Å². The number of nitrogens with one attached hydrogen (secondary N) is 1. The van der Waals surface area contributed by atoms with Crippen molar-refractivity contribution < 1.29 is 9.53 Å². The van der Waals surface area contributed by atoms with Gasteiger partial charge in [-0.15, -0.1) is 0 Å². The number of anilines is 2. The molecule has 0 radical (unpaired) electrons.